The molecule has 0 aliphatic rings. The van der Waals surface area contributed by atoms with E-state index < -0.39 is 0 Å². The standard InChI is InChI=1S/C19H18N6/c1-12-4-3-5-14(6-12)9-21-18-16-19(23-11-22-16)25-17(24-18)15-7-13(2)8-20-10-15/h3-8,10-11H,9H2,1-2H3,(H2,21,22,23,24,25). The predicted molar refractivity (Wildman–Crippen MR) is 98.2 cm³/mol. The van der Waals surface area contributed by atoms with Gasteiger partial charge in [-0.1, -0.05) is 29.8 Å². The molecular weight excluding hydrogens is 312 g/mol. The minimum Gasteiger partial charge on any atom is -0.364 e. The molecule has 2 N–H and O–H groups in total. The normalized spacial score (nSPS) is 11.0. The summed E-state index contributed by atoms with van der Waals surface area (Å²) in [5, 5.41) is 3.39. The van der Waals surface area contributed by atoms with Crippen LogP contribution in [0.3, 0.4) is 0 Å². The Hall–Kier alpha value is -3.28. The number of aryl methyl sites for hydroxylation is 2. The minimum atomic E-state index is 0.625. The lowest BCUT2D eigenvalue weighted by Crippen LogP contribution is -2.04. The Morgan fingerprint density at radius 3 is 2.80 bits per heavy atom. The first-order chi connectivity index (χ1) is 12.2. The third kappa shape index (κ3) is 3.19. The van der Waals surface area contributed by atoms with Gasteiger partial charge in [-0.05, 0) is 31.0 Å². The Kier molecular flexibility index (Phi) is 3.85. The number of aromatic nitrogens is 5. The van der Waals surface area contributed by atoms with Gasteiger partial charge in [-0.25, -0.2) is 15.0 Å². The Balaban J connectivity index is 1.71. The van der Waals surface area contributed by atoms with Gasteiger partial charge in [-0.2, -0.15) is 0 Å². The zero-order valence-electron chi connectivity index (χ0n) is 14.1. The van der Waals surface area contributed by atoms with E-state index in [2.05, 4.69) is 61.4 Å². The molecule has 0 amide bonds. The summed E-state index contributed by atoms with van der Waals surface area (Å²) in [4.78, 5) is 20.9. The van der Waals surface area contributed by atoms with E-state index in [0.29, 0.717) is 23.8 Å². The lowest BCUT2D eigenvalue weighted by molar-refractivity contribution is 1.09. The van der Waals surface area contributed by atoms with Crippen LogP contribution in [0.5, 0.6) is 0 Å². The molecule has 0 saturated carbocycles. The van der Waals surface area contributed by atoms with Crippen molar-refractivity contribution in [2.75, 3.05) is 5.32 Å². The fourth-order valence-electron chi connectivity index (χ4n) is 2.77. The number of benzene rings is 1. The van der Waals surface area contributed by atoms with Gasteiger partial charge in [0.2, 0.25) is 0 Å². The molecule has 0 bridgehead atoms. The van der Waals surface area contributed by atoms with Crippen molar-refractivity contribution in [1.29, 1.82) is 0 Å². The molecule has 6 heteroatoms. The quantitative estimate of drug-likeness (QED) is 0.597. The first kappa shape index (κ1) is 15.3. The Bertz CT molecular complexity index is 1040. The third-order valence-electron chi connectivity index (χ3n) is 3.95. The summed E-state index contributed by atoms with van der Waals surface area (Å²) in [6.07, 6.45) is 5.22. The molecule has 6 nitrogen and oxygen atoms in total. The number of aromatic amines is 1. The zero-order valence-corrected chi connectivity index (χ0v) is 14.1. The highest BCUT2D eigenvalue weighted by Gasteiger charge is 2.12. The Labute approximate surface area is 145 Å². The molecule has 0 saturated heterocycles. The molecule has 1 aromatic carbocycles. The molecule has 124 valence electrons. The van der Waals surface area contributed by atoms with E-state index in [-0.39, 0.29) is 0 Å². The molecule has 0 unspecified atom stereocenters. The van der Waals surface area contributed by atoms with Crippen LogP contribution in [0.15, 0.2) is 49.1 Å². The van der Waals surface area contributed by atoms with Crippen molar-refractivity contribution in [3.63, 3.8) is 0 Å². The number of anilines is 1. The Morgan fingerprint density at radius 2 is 1.96 bits per heavy atom. The summed E-state index contributed by atoms with van der Waals surface area (Å²) in [6, 6.07) is 10.4. The summed E-state index contributed by atoms with van der Waals surface area (Å²) in [6.45, 7) is 4.76. The molecule has 0 atom stereocenters. The summed E-state index contributed by atoms with van der Waals surface area (Å²) < 4.78 is 0. The van der Waals surface area contributed by atoms with Crippen molar-refractivity contribution >= 4 is 17.0 Å². The monoisotopic (exact) mass is 330 g/mol. The number of fused-ring (bicyclic) bond motifs is 1. The molecule has 0 spiro atoms. The van der Waals surface area contributed by atoms with Crippen LogP contribution in [-0.4, -0.2) is 24.9 Å². The van der Waals surface area contributed by atoms with Crippen LogP contribution in [0.1, 0.15) is 16.7 Å². The summed E-state index contributed by atoms with van der Waals surface area (Å²) in [5.74, 6) is 1.34. The molecule has 4 aromatic rings. The molecule has 25 heavy (non-hydrogen) atoms. The van der Waals surface area contributed by atoms with Gasteiger partial charge >= 0.3 is 0 Å². The number of nitrogens with one attached hydrogen (secondary N) is 2. The van der Waals surface area contributed by atoms with Crippen molar-refractivity contribution in [1.82, 2.24) is 24.9 Å². The molecular formula is C19H18N6. The van der Waals surface area contributed by atoms with Crippen molar-refractivity contribution in [2.45, 2.75) is 20.4 Å². The van der Waals surface area contributed by atoms with Crippen LogP contribution in [0.4, 0.5) is 5.82 Å². The Morgan fingerprint density at radius 1 is 1.04 bits per heavy atom. The highest BCUT2D eigenvalue weighted by molar-refractivity contribution is 5.84. The summed E-state index contributed by atoms with van der Waals surface area (Å²) >= 11 is 0. The topological polar surface area (TPSA) is 79.4 Å². The maximum atomic E-state index is 4.68. The van der Waals surface area contributed by atoms with Crippen molar-refractivity contribution < 1.29 is 0 Å². The fourth-order valence-corrected chi connectivity index (χ4v) is 2.77. The number of H-pyrrole nitrogens is 1. The molecule has 3 heterocycles. The van der Waals surface area contributed by atoms with Crippen LogP contribution in [-0.2, 0) is 6.54 Å². The second kappa shape index (κ2) is 6.32. The smallest absolute Gasteiger partial charge is 0.165 e. The van der Waals surface area contributed by atoms with Gasteiger partial charge in [0, 0.05) is 24.5 Å². The number of hydrogen-bond donors (Lipinski definition) is 2. The second-order valence-corrected chi connectivity index (χ2v) is 6.09. The van der Waals surface area contributed by atoms with E-state index in [1.165, 1.54) is 11.1 Å². The predicted octanol–water partition coefficient (Wildman–Crippen LogP) is 3.64. The van der Waals surface area contributed by atoms with E-state index in [0.717, 1.165) is 16.6 Å². The van der Waals surface area contributed by atoms with Gasteiger partial charge in [0.05, 0.1) is 6.33 Å². The molecule has 3 aromatic heterocycles. The van der Waals surface area contributed by atoms with Gasteiger partial charge in [0.25, 0.3) is 0 Å². The molecule has 0 fully saturated rings. The van der Waals surface area contributed by atoms with Crippen LogP contribution in [0.2, 0.25) is 0 Å². The van der Waals surface area contributed by atoms with E-state index in [9.17, 15) is 0 Å². The maximum absolute atomic E-state index is 4.68. The fraction of sp³-hybridized carbons (Fsp3) is 0.158. The number of nitrogens with zero attached hydrogens (tertiary/aromatic N) is 4. The van der Waals surface area contributed by atoms with E-state index in [1.54, 1.807) is 12.5 Å². The van der Waals surface area contributed by atoms with Crippen molar-refractivity contribution in [3.8, 4) is 11.4 Å². The third-order valence-corrected chi connectivity index (χ3v) is 3.95. The molecule has 0 aliphatic carbocycles. The zero-order chi connectivity index (χ0) is 17.2. The van der Waals surface area contributed by atoms with E-state index in [1.807, 2.05) is 19.2 Å². The summed E-state index contributed by atoms with van der Waals surface area (Å²) in [5.41, 5.74) is 5.82. The first-order valence-electron chi connectivity index (χ1n) is 8.11. The van der Waals surface area contributed by atoms with Crippen molar-refractivity contribution in [2.24, 2.45) is 0 Å². The number of rotatable bonds is 4. The van der Waals surface area contributed by atoms with E-state index in [4.69, 9.17) is 0 Å². The number of imidazole rings is 1. The van der Waals surface area contributed by atoms with Gasteiger partial charge in [0.15, 0.2) is 17.3 Å². The maximum Gasteiger partial charge on any atom is 0.165 e. The average Bonchev–Trinajstić information content (AvgIpc) is 3.08. The average molecular weight is 330 g/mol. The van der Waals surface area contributed by atoms with Gasteiger partial charge in [0.1, 0.15) is 5.52 Å². The molecule has 0 aliphatic heterocycles. The number of hydrogen-bond acceptors (Lipinski definition) is 5. The van der Waals surface area contributed by atoms with Crippen LogP contribution in [0, 0.1) is 13.8 Å². The van der Waals surface area contributed by atoms with Crippen LogP contribution < -0.4 is 5.32 Å². The van der Waals surface area contributed by atoms with Gasteiger partial charge in [-0.3, -0.25) is 4.98 Å². The highest BCUT2D eigenvalue weighted by Crippen LogP contribution is 2.23. The first-order valence-corrected chi connectivity index (χ1v) is 8.11. The van der Waals surface area contributed by atoms with Crippen LogP contribution in [0.25, 0.3) is 22.6 Å². The van der Waals surface area contributed by atoms with Crippen LogP contribution >= 0.6 is 0 Å². The van der Waals surface area contributed by atoms with Crippen molar-refractivity contribution in [3.05, 3.63) is 65.7 Å². The van der Waals surface area contributed by atoms with Gasteiger partial charge < -0.3 is 10.3 Å². The highest BCUT2D eigenvalue weighted by atomic mass is 15.1. The lowest BCUT2D eigenvalue weighted by Gasteiger charge is -2.09. The minimum absolute atomic E-state index is 0.625. The molecule has 4 rings (SSSR count). The largest absolute Gasteiger partial charge is 0.364 e. The second-order valence-electron chi connectivity index (χ2n) is 6.09. The van der Waals surface area contributed by atoms with Gasteiger partial charge in [-0.15, -0.1) is 0 Å². The lowest BCUT2D eigenvalue weighted by atomic mass is 10.1. The number of pyridine rings is 1. The molecule has 0 radical (unpaired) electrons. The summed E-state index contributed by atoms with van der Waals surface area (Å²) in [7, 11) is 0. The SMILES string of the molecule is Cc1cccc(CNc2nc(-c3cncc(C)c3)nc3[nH]cnc23)c1. The van der Waals surface area contributed by atoms with E-state index >= 15 is 0 Å².